The number of hydrogen-bond donors (Lipinski definition) is 1. The van der Waals surface area contributed by atoms with Gasteiger partial charge in [-0.15, -0.1) is 12.4 Å². The van der Waals surface area contributed by atoms with E-state index in [1.807, 2.05) is 6.07 Å². The Hall–Kier alpha value is -1.43. The maximum Gasteiger partial charge on any atom is 0.240 e. The zero-order valence-electron chi connectivity index (χ0n) is 11.7. The third kappa shape index (κ3) is 4.92. The molecule has 0 aliphatic rings. The minimum atomic E-state index is 0. The third-order valence-corrected chi connectivity index (χ3v) is 3.06. The summed E-state index contributed by atoms with van der Waals surface area (Å²) in [5.41, 5.74) is 6.80. The van der Waals surface area contributed by atoms with E-state index in [4.69, 9.17) is 10.3 Å². The van der Waals surface area contributed by atoms with Crippen LogP contribution in [0, 0.1) is 0 Å². The summed E-state index contributed by atoms with van der Waals surface area (Å²) < 4.78 is 5.01. The fraction of sp³-hybridized carbons (Fsp3) is 0.429. The Kier molecular flexibility index (Phi) is 7.22. The smallest absolute Gasteiger partial charge is 0.240 e. The van der Waals surface area contributed by atoms with Crippen LogP contribution in [0.5, 0.6) is 0 Å². The fourth-order valence-corrected chi connectivity index (χ4v) is 1.92. The Morgan fingerprint density at radius 3 is 2.60 bits per heavy atom. The van der Waals surface area contributed by atoms with E-state index in [2.05, 4.69) is 46.2 Å². The van der Waals surface area contributed by atoms with Crippen LogP contribution in [0.2, 0.25) is 0 Å². The number of rotatable bonds is 7. The zero-order valence-corrected chi connectivity index (χ0v) is 12.5. The van der Waals surface area contributed by atoms with Crippen molar-refractivity contribution < 1.29 is 4.52 Å². The highest BCUT2D eigenvalue weighted by atomic mass is 35.5. The molecule has 2 N–H and O–H groups in total. The Bertz CT molecular complexity index is 489. The summed E-state index contributed by atoms with van der Waals surface area (Å²) in [5, 5.41) is 3.92. The normalized spacial score (nSPS) is 10.6. The van der Waals surface area contributed by atoms with Crippen molar-refractivity contribution in [1.29, 1.82) is 0 Å². The molecule has 2 rings (SSSR count). The first-order valence-corrected chi connectivity index (χ1v) is 6.59. The highest BCUT2D eigenvalue weighted by Crippen LogP contribution is 2.05. The maximum atomic E-state index is 5.45. The lowest BCUT2D eigenvalue weighted by molar-refractivity contribution is 0.270. The molecule has 0 spiro atoms. The van der Waals surface area contributed by atoms with Gasteiger partial charge in [0.15, 0.2) is 5.82 Å². The van der Waals surface area contributed by atoms with Crippen molar-refractivity contribution >= 4 is 12.4 Å². The number of likely N-dealkylation sites (N-methyl/N-ethyl adjacent to an activating group) is 1. The molecule has 1 aromatic heterocycles. The predicted octanol–water partition coefficient (Wildman–Crippen LogP) is 2.01. The molecule has 6 heteroatoms. The van der Waals surface area contributed by atoms with Crippen molar-refractivity contribution in [3.8, 4) is 0 Å². The van der Waals surface area contributed by atoms with E-state index in [-0.39, 0.29) is 12.4 Å². The summed E-state index contributed by atoms with van der Waals surface area (Å²) in [7, 11) is 0. The standard InChI is InChI=1S/C14H20N4O.ClH/c1-2-18(9-8-12-6-4-3-5-7-12)11-13-16-14(10-15)19-17-13;/h3-7H,2,8-11,15H2,1H3;1H. The van der Waals surface area contributed by atoms with Gasteiger partial charge in [-0.05, 0) is 18.5 Å². The molecule has 0 radical (unpaired) electrons. The van der Waals surface area contributed by atoms with Crippen LogP contribution in [-0.4, -0.2) is 28.1 Å². The van der Waals surface area contributed by atoms with Crippen LogP contribution >= 0.6 is 12.4 Å². The monoisotopic (exact) mass is 296 g/mol. The van der Waals surface area contributed by atoms with Crippen LogP contribution in [0.3, 0.4) is 0 Å². The van der Waals surface area contributed by atoms with Crippen molar-refractivity contribution in [3.63, 3.8) is 0 Å². The number of hydrogen-bond acceptors (Lipinski definition) is 5. The molecular weight excluding hydrogens is 276 g/mol. The first kappa shape index (κ1) is 16.6. The Morgan fingerprint density at radius 1 is 1.25 bits per heavy atom. The highest BCUT2D eigenvalue weighted by Gasteiger charge is 2.09. The molecule has 0 aliphatic heterocycles. The van der Waals surface area contributed by atoms with Gasteiger partial charge in [-0.2, -0.15) is 4.98 Å². The molecular formula is C14H21ClN4O. The van der Waals surface area contributed by atoms with Crippen LogP contribution in [0.15, 0.2) is 34.9 Å². The number of benzene rings is 1. The van der Waals surface area contributed by atoms with E-state index in [1.54, 1.807) is 0 Å². The molecule has 110 valence electrons. The molecule has 0 amide bonds. The second kappa shape index (κ2) is 8.68. The lowest BCUT2D eigenvalue weighted by atomic mass is 10.1. The van der Waals surface area contributed by atoms with Crippen LogP contribution in [-0.2, 0) is 19.5 Å². The van der Waals surface area contributed by atoms with E-state index in [1.165, 1.54) is 5.56 Å². The van der Waals surface area contributed by atoms with Gasteiger partial charge in [-0.25, -0.2) is 0 Å². The van der Waals surface area contributed by atoms with Gasteiger partial charge in [0, 0.05) is 6.54 Å². The topological polar surface area (TPSA) is 68.2 Å². The lowest BCUT2D eigenvalue weighted by Crippen LogP contribution is -2.26. The van der Waals surface area contributed by atoms with E-state index in [0.29, 0.717) is 24.8 Å². The molecule has 0 fully saturated rings. The minimum absolute atomic E-state index is 0. The van der Waals surface area contributed by atoms with Crippen molar-refractivity contribution in [1.82, 2.24) is 15.0 Å². The molecule has 0 saturated carbocycles. The number of nitrogens with two attached hydrogens (primary N) is 1. The first-order valence-electron chi connectivity index (χ1n) is 6.59. The van der Waals surface area contributed by atoms with Gasteiger partial charge in [0.05, 0.1) is 13.1 Å². The largest absolute Gasteiger partial charge is 0.338 e. The Balaban J connectivity index is 0.00000200. The van der Waals surface area contributed by atoms with Gasteiger partial charge in [-0.3, -0.25) is 4.90 Å². The molecule has 0 bridgehead atoms. The molecule has 5 nitrogen and oxygen atoms in total. The third-order valence-electron chi connectivity index (χ3n) is 3.06. The molecule has 0 saturated heterocycles. The van der Waals surface area contributed by atoms with Gasteiger partial charge in [-0.1, -0.05) is 42.4 Å². The molecule has 20 heavy (non-hydrogen) atoms. The minimum Gasteiger partial charge on any atom is -0.338 e. The molecule has 2 aromatic rings. The fourth-order valence-electron chi connectivity index (χ4n) is 1.92. The maximum absolute atomic E-state index is 5.45. The highest BCUT2D eigenvalue weighted by molar-refractivity contribution is 5.85. The van der Waals surface area contributed by atoms with Crippen molar-refractivity contribution in [2.75, 3.05) is 13.1 Å². The molecule has 0 aliphatic carbocycles. The van der Waals surface area contributed by atoms with E-state index < -0.39 is 0 Å². The van der Waals surface area contributed by atoms with Gasteiger partial charge >= 0.3 is 0 Å². The van der Waals surface area contributed by atoms with Gasteiger partial charge in [0.2, 0.25) is 5.89 Å². The zero-order chi connectivity index (χ0) is 13.5. The van der Waals surface area contributed by atoms with Crippen LogP contribution < -0.4 is 5.73 Å². The Morgan fingerprint density at radius 2 is 2.00 bits per heavy atom. The van der Waals surface area contributed by atoms with E-state index >= 15 is 0 Å². The number of halogens is 1. The summed E-state index contributed by atoms with van der Waals surface area (Å²) in [4.78, 5) is 6.52. The van der Waals surface area contributed by atoms with E-state index in [0.717, 1.165) is 19.5 Å². The second-order valence-electron chi connectivity index (χ2n) is 4.41. The summed E-state index contributed by atoms with van der Waals surface area (Å²) in [6.45, 7) is 5.07. The van der Waals surface area contributed by atoms with E-state index in [9.17, 15) is 0 Å². The summed E-state index contributed by atoms with van der Waals surface area (Å²) in [6, 6.07) is 10.5. The van der Waals surface area contributed by atoms with Crippen molar-refractivity contribution in [2.24, 2.45) is 5.73 Å². The first-order chi connectivity index (χ1) is 9.31. The number of nitrogens with zero attached hydrogens (tertiary/aromatic N) is 3. The quantitative estimate of drug-likeness (QED) is 0.846. The molecule has 0 unspecified atom stereocenters. The van der Waals surface area contributed by atoms with Crippen molar-refractivity contribution in [3.05, 3.63) is 47.6 Å². The SMILES string of the molecule is CCN(CCc1ccccc1)Cc1noc(CN)n1.Cl. The molecule has 0 atom stereocenters. The summed E-state index contributed by atoms with van der Waals surface area (Å²) in [5.74, 6) is 1.20. The van der Waals surface area contributed by atoms with Crippen molar-refractivity contribution in [2.45, 2.75) is 26.4 Å². The average Bonchev–Trinajstić information content (AvgIpc) is 2.92. The Labute approximate surface area is 125 Å². The second-order valence-corrected chi connectivity index (χ2v) is 4.41. The van der Waals surface area contributed by atoms with Crippen LogP contribution in [0.1, 0.15) is 24.2 Å². The molecule has 1 heterocycles. The molecule has 1 aromatic carbocycles. The predicted molar refractivity (Wildman–Crippen MR) is 80.5 cm³/mol. The van der Waals surface area contributed by atoms with Gasteiger partial charge < -0.3 is 10.3 Å². The van der Waals surface area contributed by atoms with Crippen LogP contribution in [0.25, 0.3) is 0 Å². The average molecular weight is 297 g/mol. The summed E-state index contributed by atoms with van der Waals surface area (Å²) in [6.07, 6.45) is 1.02. The van der Waals surface area contributed by atoms with Gasteiger partial charge in [0.1, 0.15) is 0 Å². The van der Waals surface area contributed by atoms with Crippen LogP contribution in [0.4, 0.5) is 0 Å². The lowest BCUT2D eigenvalue weighted by Gasteiger charge is -2.18. The summed E-state index contributed by atoms with van der Waals surface area (Å²) >= 11 is 0. The number of aromatic nitrogens is 2. The van der Waals surface area contributed by atoms with Gasteiger partial charge in [0.25, 0.3) is 0 Å².